The average Bonchev–Trinajstić information content (AvgIpc) is 2.98. The van der Waals surface area contributed by atoms with Gasteiger partial charge in [-0.2, -0.15) is 14.9 Å². The predicted octanol–water partition coefficient (Wildman–Crippen LogP) is 4.99. The zero-order valence-corrected chi connectivity index (χ0v) is 25.6. The van der Waals surface area contributed by atoms with Crippen LogP contribution in [0, 0.1) is 5.82 Å². The maximum absolute atomic E-state index is 15.4. The molecule has 2 aromatic carbocycles. The highest BCUT2D eigenvalue weighted by molar-refractivity contribution is 5.94. The van der Waals surface area contributed by atoms with Crippen molar-refractivity contribution in [3.05, 3.63) is 104 Å². The number of ether oxygens (including phenoxy) is 1. The molecular formula is C33H31FN6O5. The molecule has 0 aliphatic heterocycles. The van der Waals surface area contributed by atoms with Crippen molar-refractivity contribution in [2.45, 2.75) is 46.6 Å². The molecule has 0 radical (unpaired) electrons. The summed E-state index contributed by atoms with van der Waals surface area (Å²) in [5.41, 5.74) is 1.12. The lowest BCUT2D eigenvalue weighted by Gasteiger charge is -2.20. The first-order chi connectivity index (χ1) is 21.2. The minimum atomic E-state index is -0.692. The highest BCUT2D eigenvalue weighted by Crippen LogP contribution is 2.30. The van der Waals surface area contributed by atoms with Crippen LogP contribution < -0.4 is 16.4 Å². The summed E-state index contributed by atoms with van der Waals surface area (Å²) < 4.78 is 23.0. The van der Waals surface area contributed by atoms with Crippen molar-refractivity contribution in [2.24, 2.45) is 7.05 Å². The number of nitrogens with one attached hydrogen (secondary N) is 1. The van der Waals surface area contributed by atoms with Crippen molar-refractivity contribution in [1.29, 1.82) is 0 Å². The maximum atomic E-state index is 15.4. The highest BCUT2D eigenvalue weighted by Gasteiger charge is 2.22. The summed E-state index contributed by atoms with van der Waals surface area (Å²) in [6.45, 7) is 8.26. The molecule has 0 fully saturated rings. The van der Waals surface area contributed by atoms with Gasteiger partial charge in [-0.1, -0.05) is 32.9 Å². The Morgan fingerprint density at radius 1 is 1.00 bits per heavy atom. The van der Waals surface area contributed by atoms with Crippen LogP contribution in [-0.2, 0) is 28.6 Å². The number of pyridine rings is 1. The first-order valence-electron chi connectivity index (χ1n) is 14.0. The summed E-state index contributed by atoms with van der Waals surface area (Å²) in [5, 5.41) is 12.0. The van der Waals surface area contributed by atoms with Crippen LogP contribution in [-0.4, -0.2) is 36.3 Å². The Morgan fingerprint density at radius 3 is 2.40 bits per heavy atom. The van der Waals surface area contributed by atoms with E-state index in [4.69, 9.17) is 4.74 Å². The smallest absolute Gasteiger partial charge is 0.302 e. The van der Waals surface area contributed by atoms with Gasteiger partial charge in [0.1, 0.15) is 23.9 Å². The highest BCUT2D eigenvalue weighted by atomic mass is 19.1. The standard InChI is InChI=1S/C33H31FN6O5/c1-18(41)20-10-11-29(35-15-20)37-27-14-26(38-39(6)31(27)43)23-8-7-9-28(24(23)17-45-19(2)42)40-32(44)30-21(16-36-40)12-22(13-25(30)34)33(3,4)5/h7-16H,17H2,1-6H3,(H,35,37). The molecule has 0 atom stereocenters. The van der Waals surface area contributed by atoms with Crippen LogP contribution in [0.3, 0.4) is 0 Å². The molecule has 0 spiro atoms. The van der Waals surface area contributed by atoms with E-state index in [-0.39, 0.29) is 34.6 Å². The van der Waals surface area contributed by atoms with Crippen molar-refractivity contribution < 1.29 is 18.7 Å². The Bertz CT molecular complexity index is 2100. The molecule has 0 saturated carbocycles. The van der Waals surface area contributed by atoms with Gasteiger partial charge in [-0.25, -0.2) is 14.1 Å². The van der Waals surface area contributed by atoms with Crippen LogP contribution in [0.1, 0.15) is 56.1 Å². The fourth-order valence-electron chi connectivity index (χ4n) is 4.82. The number of rotatable bonds is 7. The van der Waals surface area contributed by atoms with Gasteiger partial charge in [0.15, 0.2) is 5.78 Å². The second-order valence-electron chi connectivity index (χ2n) is 11.6. The van der Waals surface area contributed by atoms with Crippen molar-refractivity contribution in [1.82, 2.24) is 24.5 Å². The molecule has 45 heavy (non-hydrogen) atoms. The topological polar surface area (TPSA) is 138 Å². The zero-order chi connectivity index (χ0) is 32.6. The minimum Gasteiger partial charge on any atom is -0.461 e. The van der Waals surface area contributed by atoms with Gasteiger partial charge in [-0.05, 0) is 54.3 Å². The maximum Gasteiger partial charge on any atom is 0.302 e. The van der Waals surface area contributed by atoms with Gasteiger partial charge in [-0.15, -0.1) is 0 Å². The number of aromatic nitrogens is 5. The SMILES string of the molecule is CC(=O)OCc1c(-c2cc(Nc3ccc(C(C)=O)cn3)c(=O)n(C)n2)cccc1-n1ncc2cc(C(C)(C)C)cc(F)c2c1=O. The van der Waals surface area contributed by atoms with Gasteiger partial charge >= 0.3 is 5.97 Å². The van der Waals surface area contributed by atoms with E-state index < -0.39 is 22.9 Å². The molecule has 0 unspecified atom stereocenters. The lowest BCUT2D eigenvalue weighted by molar-refractivity contribution is -0.142. The summed E-state index contributed by atoms with van der Waals surface area (Å²) >= 11 is 0. The number of carbonyl (C=O) groups is 2. The second-order valence-corrected chi connectivity index (χ2v) is 11.6. The van der Waals surface area contributed by atoms with Gasteiger partial charge in [0, 0.05) is 42.2 Å². The first-order valence-corrected chi connectivity index (χ1v) is 14.0. The van der Waals surface area contributed by atoms with Crippen LogP contribution in [0.2, 0.25) is 0 Å². The molecule has 3 heterocycles. The molecule has 0 aliphatic carbocycles. The van der Waals surface area contributed by atoms with Crippen LogP contribution in [0.5, 0.6) is 0 Å². The molecule has 0 saturated heterocycles. The number of hydrogen-bond donors (Lipinski definition) is 1. The van der Waals surface area contributed by atoms with Crippen molar-refractivity contribution >= 4 is 34.0 Å². The largest absolute Gasteiger partial charge is 0.461 e. The van der Waals surface area contributed by atoms with Crippen LogP contribution in [0.4, 0.5) is 15.9 Å². The molecule has 0 aliphatic rings. The molecule has 5 aromatic rings. The van der Waals surface area contributed by atoms with Crippen molar-refractivity contribution in [3.8, 4) is 16.9 Å². The molecule has 0 bridgehead atoms. The Hall–Kier alpha value is -5.52. The van der Waals surface area contributed by atoms with Crippen LogP contribution >= 0.6 is 0 Å². The van der Waals surface area contributed by atoms with Gasteiger partial charge in [0.2, 0.25) is 0 Å². The van der Waals surface area contributed by atoms with E-state index in [1.807, 2.05) is 20.8 Å². The number of aryl methyl sites for hydroxylation is 1. The van der Waals surface area contributed by atoms with E-state index in [9.17, 15) is 19.2 Å². The fourth-order valence-corrected chi connectivity index (χ4v) is 4.82. The average molecular weight is 611 g/mol. The molecule has 230 valence electrons. The van der Waals surface area contributed by atoms with E-state index in [0.717, 1.165) is 14.9 Å². The van der Waals surface area contributed by atoms with E-state index in [0.29, 0.717) is 33.6 Å². The molecule has 3 aromatic heterocycles. The quantitative estimate of drug-likeness (QED) is 0.200. The fraction of sp³-hybridized carbons (Fsp3) is 0.242. The number of anilines is 2. The molecule has 5 rings (SSSR count). The van der Waals surface area contributed by atoms with Gasteiger partial charge in [0.05, 0.1) is 23.0 Å². The Labute approximate surface area is 257 Å². The normalized spacial score (nSPS) is 11.4. The second kappa shape index (κ2) is 11.9. The summed E-state index contributed by atoms with van der Waals surface area (Å²) in [7, 11) is 1.48. The number of fused-ring (bicyclic) bond motifs is 1. The number of halogens is 1. The number of ketones is 1. The number of hydrogen-bond acceptors (Lipinski definition) is 9. The molecular weight excluding hydrogens is 579 g/mol. The van der Waals surface area contributed by atoms with Gasteiger partial charge in [0.25, 0.3) is 11.1 Å². The van der Waals surface area contributed by atoms with Gasteiger partial charge in [-0.3, -0.25) is 19.2 Å². The molecule has 1 N–H and O–H groups in total. The van der Waals surface area contributed by atoms with E-state index in [1.165, 1.54) is 45.4 Å². The van der Waals surface area contributed by atoms with Crippen molar-refractivity contribution in [3.63, 3.8) is 0 Å². The Morgan fingerprint density at radius 2 is 1.76 bits per heavy atom. The lowest BCUT2D eigenvalue weighted by Crippen LogP contribution is -2.25. The first kappa shape index (κ1) is 30.9. The monoisotopic (exact) mass is 610 g/mol. The van der Waals surface area contributed by atoms with E-state index in [1.54, 1.807) is 36.4 Å². The van der Waals surface area contributed by atoms with E-state index >= 15 is 4.39 Å². The third-order valence-corrected chi connectivity index (χ3v) is 7.28. The summed E-state index contributed by atoms with van der Waals surface area (Å²) in [5.74, 6) is -1.05. The van der Waals surface area contributed by atoms with E-state index in [2.05, 4.69) is 20.5 Å². The molecule has 11 nitrogen and oxygen atoms in total. The number of benzene rings is 2. The Kier molecular flexibility index (Phi) is 8.16. The third kappa shape index (κ3) is 6.26. The Balaban J connectivity index is 1.67. The minimum absolute atomic E-state index is 0.128. The number of esters is 1. The number of Topliss-reactive ketones (excluding diaryl/α,β-unsaturated/α-hetero) is 1. The van der Waals surface area contributed by atoms with Crippen LogP contribution in [0.15, 0.2) is 70.5 Å². The summed E-state index contributed by atoms with van der Waals surface area (Å²) in [4.78, 5) is 54.4. The molecule has 0 amide bonds. The molecule has 12 heteroatoms. The van der Waals surface area contributed by atoms with Crippen LogP contribution in [0.25, 0.3) is 27.7 Å². The third-order valence-electron chi connectivity index (χ3n) is 7.28. The summed E-state index contributed by atoms with van der Waals surface area (Å²) in [6, 6.07) is 12.7. The lowest BCUT2D eigenvalue weighted by atomic mass is 9.86. The van der Waals surface area contributed by atoms with Gasteiger partial charge < -0.3 is 10.1 Å². The zero-order valence-electron chi connectivity index (χ0n) is 25.6. The number of nitrogens with zero attached hydrogens (tertiary/aromatic N) is 5. The van der Waals surface area contributed by atoms with Crippen molar-refractivity contribution in [2.75, 3.05) is 5.32 Å². The predicted molar refractivity (Wildman–Crippen MR) is 167 cm³/mol. The summed E-state index contributed by atoms with van der Waals surface area (Å²) in [6.07, 6.45) is 2.83. The number of carbonyl (C=O) groups excluding carboxylic acids is 2.